The van der Waals surface area contributed by atoms with E-state index in [-0.39, 0.29) is 17.4 Å². The van der Waals surface area contributed by atoms with Gasteiger partial charge in [0.05, 0.1) is 18.2 Å². The van der Waals surface area contributed by atoms with Crippen LogP contribution in [0.4, 0.5) is 0 Å². The molecule has 0 fully saturated rings. The van der Waals surface area contributed by atoms with Crippen LogP contribution in [0.5, 0.6) is 17.2 Å². The standard InChI is InChI=1S/C23H27NO4/c1-4-5-13-26-21-19-12-11-18(27-15-17-9-7-6-8-10-17)14-20(19)24-23(25)22(21)28-16(2)3/h6-12,14,16H,4-5,13,15H2,1-3H3,(H,24,25). The van der Waals surface area contributed by atoms with Crippen molar-refractivity contribution >= 4 is 10.9 Å². The maximum absolute atomic E-state index is 12.6. The molecule has 0 aliphatic carbocycles. The fraction of sp³-hybridized carbons (Fsp3) is 0.348. The summed E-state index contributed by atoms with van der Waals surface area (Å²) in [5, 5.41) is 0.804. The molecule has 0 aliphatic rings. The second-order valence-electron chi connectivity index (χ2n) is 6.96. The average molecular weight is 381 g/mol. The van der Waals surface area contributed by atoms with Gasteiger partial charge in [-0.05, 0) is 38.0 Å². The topological polar surface area (TPSA) is 60.5 Å². The van der Waals surface area contributed by atoms with E-state index < -0.39 is 0 Å². The van der Waals surface area contributed by atoms with Crippen LogP contribution in [0.2, 0.25) is 0 Å². The molecule has 5 heteroatoms. The van der Waals surface area contributed by atoms with Crippen molar-refractivity contribution in [2.75, 3.05) is 6.61 Å². The zero-order valence-electron chi connectivity index (χ0n) is 16.7. The highest BCUT2D eigenvalue weighted by Gasteiger charge is 2.17. The minimum absolute atomic E-state index is 0.124. The quantitative estimate of drug-likeness (QED) is 0.526. The van der Waals surface area contributed by atoms with Gasteiger partial charge in [0.25, 0.3) is 5.56 Å². The van der Waals surface area contributed by atoms with Crippen molar-refractivity contribution in [1.82, 2.24) is 4.98 Å². The van der Waals surface area contributed by atoms with Crippen LogP contribution in [0.3, 0.4) is 0 Å². The molecule has 1 N–H and O–H groups in total. The Balaban J connectivity index is 1.93. The first-order chi connectivity index (χ1) is 13.6. The summed E-state index contributed by atoms with van der Waals surface area (Å²) in [6.07, 6.45) is 1.80. The number of aromatic nitrogens is 1. The molecule has 3 rings (SSSR count). The second-order valence-corrected chi connectivity index (χ2v) is 6.96. The van der Waals surface area contributed by atoms with Gasteiger partial charge in [-0.1, -0.05) is 43.7 Å². The third-order valence-corrected chi connectivity index (χ3v) is 4.24. The van der Waals surface area contributed by atoms with Crippen molar-refractivity contribution in [3.63, 3.8) is 0 Å². The SMILES string of the molecule is CCCCOc1c(OC(C)C)c(=O)[nH]c2cc(OCc3ccccc3)ccc12. The van der Waals surface area contributed by atoms with Gasteiger partial charge in [0.2, 0.25) is 5.75 Å². The molecule has 2 aromatic carbocycles. The summed E-state index contributed by atoms with van der Waals surface area (Å²) in [7, 11) is 0. The Hall–Kier alpha value is -2.95. The lowest BCUT2D eigenvalue weighted by Gasteiger charge is -2.16. The minimum Gasteiger partial charge on any atom is -0.489 e. The summed E-state index contributed by atoms with van der Waals surface area (Å²) in [5.74, 6) is 1.41. The third kappa shape index (κ3) is 4.85. The molecule has 0 spiro atoms. The van der Waals surface area contributed by atoms with Gasteiger partial charge in [0, 0.05) is 11.5 Å². The summed E-state index contributed by atoms with van der Waals surface area (Å²) >= 11 is 0. The van der Waals surface area contributed by atoms with Crippen LogP contribution in [0, 0.1) is 0 Å². The number of nitrogens with one attached hydrogen (secondary N) is 1. The molecule has 0 unspecified atom stereocenters. The number of fused-ring (bicyclic) bond motifs is 1. The predicted molar refractivity (Wildman–Crippen MR) is 112 cm³/mol. The van der Waals surface area contributed by atoms with Crippen molar-refractivity contribution in [3.8, 4) is 17.2 Å². The number of unbranched alkanes of at least 4 members (excludes halogenated alkanes) is 1. The van der Waals surface area contributed by atoms with Gasteiger partial charge >= 0.3 is 0 Å². The van der Waals surface area contributed by atoms with Gasteiger partial charge in [-0.3, -0.25) is 4.79 Å². The van der Waals surface area contributed by atoms with E-state index in [0.717, 1.165) is 23.8 Å². The number of aromatic amines is 1. The van der Waals surface area contributed by atoms with E-state index in [2.05, 4.69) is 11.9 Å². The van der Waals surface area contributed by atoms with Crippen molar-refractivity contribution in [1.29, 1.82) is 0 Å². The molecule has 1 heterocycles. The monoisotopic (exact) mass is 381 g/mol. The number of hydrogen-bond donors (Lipinski definition) is 1. The van der Waals surface area contributed by atoms with E-state index >= 15 is 0 Å². The van der Waals surface area contributed by atoms with Crippen molar-refractivity contribution in [2.24, 2.45) is 0 Å². The average Bonchev–Trinajstić information content (AvgIpc) is 2.69. The first-order valence-electron chi connectivity index (χ1n) is 9.74. The Morgan fingerprint density at radius 2 is 1.79 bits per heavy atom. The maximum Gasteiger partial charge on any atom is 0.294 e. The highest BCUT2D eigenvalue weighted by Crippen LogP contribution is 2.34. The van der Waals surface area contributed by atoms with Gasteiger partial charge in [-0.15, -0.1) is 0 Å². The van der Waals surface area contributed by atoms with Gasteiger partial charge in [0.15, 0.2) is 5.75 Å². The van der Waals surface area contributed by atoms with Crippen molar-refractivity contribution < 1.29 is 14.2 Å². The molecule has 0 saturated carbocycles. The lowest BCUT2D eigenvalue weighted by Crippen LogP contribution is -2.18. The largest absolute Gasteiger partial charge is 0.489 e. The molecule has 0 amide bonds. The summed E-state index contributed by atoms with van der Waals surface area (Å²) in [4.78, 5) is 15.5. The van der Waals surface area contributed by atoms with Crippen LogP contribution < -0.4 is 19.8 Å². The Morgan fingerprint density at radius 3 is 2.50 bits per heavy atom. The molecular weight excluding hydrogens is 354 g/mol. The van der Waals surface area contributed by atoms with E-state index in [0.29, 0.717) is 30.2 Å². The molecule has 0 aliphatic heterocycles. The zero-order valence-corrected chi connectivity index (χ0v) is 16.7. The Bertz CT molecular complexity index is 963. The molecule has 5 nitrogen and oxygen atoms in total. The van der Waals surface area contributed by atoms with E-state index in [9.17, 15) is 4.79 Å². The minimum atomic E-state index is -0.298. The van der Waals surface area contributed by atoms with E-state index in [1.165, 1.54) is 0 Å². The highest BCUT2D eigenvalue weighted by molar-refractivity contribution is 5.88. The van der Waals surface area contributed by atoms with Crippen LogP contribution in [0.15, 0.2) is 53.3 Å². The summed E-state index contributed by atoms with van der Waals surface area (Å²) in [6, 6.07) is 15.6. The van der Waals surface area contributed by atoms with E-state index in [1.807, 2.05) is 62.4 Å². The van der Waals surface area contributed by atoms with E-state index in [1.54, 1.807) is 0 Å². The van der Waals surface area contributed by atoms with Gasteiger partial charge in [0.1, 0.15) is 12.4 Å². The Labute approximate surface area is 165 Å². The van der Waals surface area contributed by atoms with Crippen LogP contribution in [-0.2, 0) is 6.61 Å². The third-order valence-electron chi connectivity index (χ3n) is 4.24. The highest BCUT2D eigenvalue weighted by atomic mass is 16.5. The first-order valence-corrected chi connectivity index (χ1v) is 9.74. The van der Waals surface area contributed by atoms with Crippen molar-refractivity contribution in [2.45, 2.75) is 46.3 Å². The molecule has 148 valence electrons. The number of H-pyrrole nitrogens is 1. The molecule has 0 radical (unpaired) electrons. The fourth-order valence-electron chi connectivity index (χ4n) is 2.86. The molecule has 0 atom stereocenters. The molecule has 0 bridgehead atoms. The number of hydrogen-bond acceptors (Lipinski definition) is 4. The Kier molecular flexibility index (Phi) is 6.58. The van der Waals surface area contributed by atoms with Gasteiger partial charge in [-0.2, -0.15) is 0 Å². The lowest BCUT2D eigenvalue weighted by atomic mass is 10.1. The van der Waals surface area contributed by atoms with Crippen LogP contribution in [0.25, 0.3) is 10.9 Å². The Morgan fingerprint density at radius 1 is 1.00 bits per heavy atom. The maximum atomic E-state index is 12.6. The second kappa shape index (κ2) is 9.31. The summed E-state index contributed by atoms with van der Waals surface area (Å²) in [6.45, 7) is 6.88. The van der Waals surface area contributed by atoms with Crippen LogP contribution >= 0.6 is 0 Å². The summed E-state index contributed by atoms with van der Waals surface area (Å²) < 4.78 is 17.6. The molecule has 1 aromatic heterocycles. The number of ether oxygens (including phenoxy) is 3. The predicted octanol–water partition coefficient (Wildman–Crippen LogP) is 5.07. The summed E-state index contributed by atoms with van der Waals surface area (Å²) in [5.41, 5.74) is 1.45. The molecule has 28 heavy (non-hydrogen) atoms. The van der Waals surface area contributed by atoms with Gasteiger partial charge < -0.3 is 19.2 Å². The van der Waals surface area contributed by atoms with E-state index in [4.69, 9.17) is 14.2 Å². The molecule has 0 saturated heterocycles. The molecular formula is C23H27NO4. The van der Waals surface area contributed by atoms with Crippen LogP contribution in [0.1, 0.15) is 39.2 Å². The van der Waals surface area contributed by atoms with Crippen molar-refractivity contribution in [3.05, 3.63) is 64.4 Å². The zero-order chi connectivity index (χ0) is 19.9. The smallest absolute Gasteiger partial charge is 0.294 e. The van der Waals surface area contributed by atoms with Crippen LogP contribution in [-0.4, -0.2) is 17.7 Å². The number of pyridine rings is 1. The number of rotatable bonds is 9. The van der Waals surface area contributed by atoms with Gasteiger partial charge in [-0.25, -0.2) is 0 Å². The number of benzene rings is 2. The lowest BCUT2D eigenvalue weighted by molar-refractivity contribution is 0.218. The first kappa shape index (κ1) is 19.8. The fourth-order valence-corrected chi connectivity index (χ4v) is 2.86. The molecule has 3 aromatic rings. The normalized spacial score (nSPS) is 11.0.